The van der Waals surface area contributed by atoms with E-state index in [1.165, 1.54) is 9.13 Å². The fraction of sp³-hybridized carbons (Fsp3) is 0.526. The van der Waals surface area contributed by atoms with E-state index in [9.17, 15) is 9.59 Å². The van der Waals surface area contributed by atoms with Crippen LogP contribution in [-0.2, 0) is 9.47 Å². The Balaban J connectivity index is 1.77. The molecule has 2 aromatic heterocycles. The second-order valence-electron chi connectivity index (χ2n) is 18.3. The lowest BCUT2D eigenvalue weighted by atomic mass is 10.2. The van der Waals surface area contributed by atoms with E-state index in [4.69, 9.17) is 50.8 Å². The molecule has 4 rings (SSSR count). The summed E-state index contributed by atoms with van der Waals surface area (Å²) in [5.74, 6) is 1.14. The van der Waals surface area contributed by atoms with Crippen molar-refractivity contribution in [3.8, 4) is 23.3 Å². The molecule has 0 bridgehead atoms. The molecular weight excluding hydrogens is 750 g/mol. The maximum absolute atomic E-state index is 13.6. The zero-order valence-corrected chi connectivity index (χ0v) is 37.5. The highest BCUT2D eigenvalue weighted by atomic mass is 35.5. The van der Waals surface area contributed by atoms with E-state index in [0.717, 1.165) is 7.69 Å². The third-order valence-corrected chi connectivity index (χ3v) is 19.0. The third-order valence-electron chi connectivity index (χ3n) is 9.53. The number of halogens is 2. The lowest BCUT2D eigenvalue weighted by molar-refractivity contribution is 0.0528. The van der Waals surface area contributed by atoms with Crippen molar-refractivity contribution in [3.63, 3.8) is 0 Å². The fourth-order valence-electron chi connectivity index (χ4n) is 4.71. The van der Waals surface area contributed by atoms with Gasteiger partial charge in [0.1, 0.15) is 22.7 Å². The predicted octanol–water partition coefficient (Wildman–Crippen LogP) is 12.2. The molecule has 2 aromatic carbocycles. The summed E-state index contributed by atoms with van der Waals surface area (Å²) >= 11 is 13.9. The minimum Gasteiger partial charge on any atom is -0.542 e. The molecule has 53 heavy (non-hydrogen) atoms. The first-order valence-corrected chi connectivity index (χ1v) is 24.2. The van der Waals surface area contributed by atoms with Gasteiger partial charge in [0.05, 0.1) is 21.1 Å². The first-order chi connectivity index (χ1) is 23.9. The van der Waals surface area contributed by atoms with Crippen molar-refractivity contribution in [2.24, 2.45) is 0 Å². The molecule has 0 aliphatic carbocycles. The van der Waals surface area contributed by atoms with Gasteiger partial charge >= 0.3 is 19.9 Å². The van der Waals surface area contributed by atoms with Crippen molar-refractivity contribution in [1.29, 1.82) is 0 Å². The van der Waals surface area contributed by atoms with E-state index in [0.29, 0.717) is 43.4 Å². The summed E-state index contributed by atoms with van der Waals surface area (Å²) in [6.45, 7) is 32.0. The number of rotatable bonds is 8. The molecule has 1 radical (unpaired) electrons. The Labute approximate surface area is 326 Å². The van der Waals surface area contributed by atoms with Crippen LogP contribution in [0.25, 0.3) is 21.8 Å². The van der Waals surface area contributed by atoms with Crippen LogP contribution in [0.5, 0.6) is 23.3 Å². The largest absolute Gasteiger partial charge is 0.660 e. The lowest BCUT2D eigenvalue weighted by Crippen LogP contribution is -2.43. The fourth-order valence-corrected chi connectivity index (χ4v) is 7.39. The Kier molecular flexibility index (Phi) is 11.6. The van der Waals surface area contributed by atoms with Crippen LogP contribution < -0.4 is 18.2 Å². The van der Waals surface area contributed by atoms with Gasteiger partial charge in [-0.15, -0.1) is 0 Å². The van der Waals surface area contributed by atoms with Gasteiger partial charge in [0, 0.05) is 22.9 Å². The standard InChI is InChI=1S/C38H54BCl2N2O8Si2/c1-35(2,3)46-33(44)42-25-17-19-27(50-52(13,14)37(7,8)9)31(40)23(25)21-29(42)48-39-49-30-22-24-26(43(30)34(45)47-36(4,5)6)18-20-28(32(24)41)51-53(15,16)38(10,11)12/h17-22H,1-16H3. The summed E-state index contributed by atoms with van der Waals surface area (Å²) in [6, 6.07) is 10.2. The topological polar surface area (TPSA) is 99.4 Å². The molecule has 0 saturated carbocycles. The second kappa shape index (κ2) is 14.4. The Morgan fingerprint density at radius 2 is 0.906 bits per heavy atom. The summed E-state index contributed by atoms with van der Waals surface area (Å²) in [6.07, 6.45) is -1.37. The maximum Gasteiger partial charge on any atom is 0.660 e. The van der Waals surface area contributed by atoms with Crippen molar-refractivity contribution < 1.29 is 37.2 Å². The molecule has 0 fully saturated rings. The summed E-state index contributed by atoms with van der Waals surface area (Å²) in [5, 5.41) is 1.55. The zero-order chi connectivity index (χ0) is 40.3. The van der Waals surface area contributed by atoms with E-state index in [2.05, 4.69) is 67.7 Å². The van der Waals surface area contributed by atoms with Crippen LogP contribution in [0.1, 0.15) is 83.1 Å². The number of carbonyl (C=O) groups is 2. The van der Waals surface area contributed by atoms with E-state index in [1.807, 2.05) is 0 Å². The summed E-state index contributed by atoms with van der Waals surface area (Å²) in [5.41, 5.74) is -0.722. The van der Waals surface area contributed by atoms with Crippen LogP contribution in [0, 0.1) is 0 Å². The van der Waals surface area contributed by atoms with Crippen LogP contribution in [0.15, 0.2) is 36.4 Å². The molecule has 10 nitrogen and oxygen atoms in total. The number of ether oxygens (including phenoxy) is 2. The Morgan fingerprint density at radius 3 is 1.19 bits per heavy atom. The lowest BCUT2D eigenvalue weighted by Gasteiger charge is -2.36. The molecule has 0 saturated heterocycles. The summed E-state index contributed by atoms with van der Waals surface area (Å²) in [7, 11) is -3.48. The number of carbonyl (C=O) groups excluding carboxylic acids is 2. The van der Waals surface area contributed by atoms with Gasteiger partial charge in [-0.25, -0.2) is 18.7 Å². The smallest absolute Gasteiger partial charge is 0.542 e. The number of benzene rings is 2. The van der Waals surface area contributed by atoms with Crippen molar-refractivity contribution >= 4 is 81.5 Å². The Bertz CT molecular complexity index is 1890. The van der Waals surface area contributed by atoms with E-state index >= 15 is 0 Å². The molecule has 0 amide bonds. The number of nitrogens with zero attached hydrogens (tertiary/aromatic N) is 2. The molecule has 0 aliphatic rings. The van der Waals surface area contributed by atoms with Crippen molar-refractivity contribution in [2.45, 2.75) is 131 Å². The van der Waals surface area contributed by atoms with Crippen molar-refractivity contribution in [3.05, 3.63) is 46.4 Å². The molecule has 0 aliphatic heterocycles. The van der Waals surface area contributed by atoms with Gasteiger partial charge in [0.15, 0.2) is 11.8 Å². The third kappa shape index (κ3) is 9.35. The first kappa shape index (κ1) is 42.5. The molecule has 0 unspecified atom stereocenters. The van der Waals surface area contributed by atoms with Gasteiger partial charge in [0.2, 0.25) is 0 Å². The van der Waals surface area contributed by atoms with Crippen LogP contribution in [0.3, 0.4) is 0 Å². The van der Waals surface area contributed by atoms with E-state index < -0.39 is 40.0 Å². The highest BCUT2D eigenvalue weighted by Gasteiger charge is 2.41. The van der Waals surface area contributed by atoms with Gasteiger partial charge in [-0.05, 0) is 102 Å². The molecule has 4 aromatic rings. The molecule has 0 N–H and O–H groups in total. The number of hydrogen-bond acceptors (Lipinski definition) is 8. The number of aromatic nitrogens is 2. The minimum absolute atomic E-state index is 0.0589. The minimum atomic E-state index is -2.25. The average molecular weight is 805 g/mol. The molecule has 0 atom stereocenters. The van der Waals surface area contributed by atoms with E-state index in [1.54, 1.807) is 77.9 Å². The van der Waals surface area contributed by atoms with Crippen molar-refractivity contribution in [2.75, 3.05) is 0 Å². The SMILES string of the molecule is CC(C)(C)OC(=O)n1c(O[B]Oc2cc3c(Cl)c(O[Si](C)(C)C(C)(C)C)ccc3n2C(=O)OC(C)(C)C)cc2c(Cl)c(O[Si](C)(C)C(C)(C)C)ccc21. The van der Waals surface area contributed by atoms with Crippen LogP contribution >= 0.6 is 23.2 Å². The Hall–Kier alpha value is -3.26. The normalized spacial score (nSPS) is 13.2. The number of hydrogen-bond donors (Lipinski definition) is 0. The average Bonchev–Trinajstić information content (AvgIpc) is 3.52. The molecular formula is C38H54BCl2N2O8Si2. The monoisotopic (exact) mass is 803 g/mol. The van der Waals surface area contributed by atoms with Crippen molar-refractivity contribution in [1.82, 2.24) is 9.13 Å². The summed E-state index contributed by atoms with van der Waals surface area (Å²) in [4.78, 5) is 27.2. The van der Waals surface area contributed by atoms with Gasteiger partial charge in [-0.1, -0.05) is 64.7 Å². The zero-order valence-electron chi connectivity index (χ0n) is 34.0. The molecule has 15 heteroatoms. The van der Waals surface area contributed by atoms with Crippen LogP contribution in [0.4, 0.5) is 9.59 Å². The van der Waals surface area contributed by atoms with Gasteiger partial charge in [-0.3, -0.25) is 0 Å². The van der Waals surface area contributed by atoms with Gasteiger partial charge in [-0.2, -0.15) is 0 Å². The second-order valence-corrected chi connectivity index (χ2v) is 28.5. The quantitative estimate of drug-likeness (QED) is 0.162. The first-order valence-electron chi connectivity index (χ1n) is 17.6. The molecule has 289 valence electrons. The van der Waals surface area contributed by atoms with Crippen LogP contribution in [-0.4, -0.2) is 56.8 Å². The molecule has 2 heterocycles. The maximum atomic E-state index is 13.6. The van der Waals surface area contributed by atoms with Gasteiger partial charge < -0.3 is 27.6 Å². The van der Waals surface area contributed by atoms with Gasteiger partial charge in [0.25, 0.3) is 16.6 Å². The van der Waals surface area contributed by atoms with Crippen LogP contribution in [0.2, 0.25) is 46.3 Å². The van der Waals surface area contributed by atoms with E-state index in [-0.39, 0.29) is 21.8 Å². The molecule has 0 spiro atoms. The highest BCUT2D eigenvalue weighted by Crippen LogP contribution is 2.44. The number of fused-ring (bicyclic) bond motifs is 2. The predicted molar refractivity (Wildman–Crippen MR) is 220 cm³/mol. The highest BCUT2D eigenvalue weighted by molar-refractivity contribution is 6.75. The summed E-state index contributed by atoms with van der Waals surface area (Å²) < 4.78 is 39.1. The Morgan fingerprint density at radius 1 is 0.585 bits per heavy atom.